The number of nitrogen functional groups attached to an aromatic ring is 1. The number of benzene rings is 1. The van der Waals surface area contributed by atoms with Gasteiger partial charge in [-0.1, -0.05) is 6.07 Å². The van der Waals surface area contributed by atoms with Crippen LogP contribution in [0.5, 0.6) is 5.75 Å². The zero-order chi connectivity index (χ0) is 12.5. The van der Waals surface area contributed by atoms with E-state index in [1.165, 1.54) is 0 Å². The highest BCUT2D eigenvalue weighted by Crippen LogP contribution is 2.28. The molecule has 5 nitrogen and oxygen atoms in total. The highest BCUT2D eigenvalue weighted by Gasteiger charge is 2.03. The molecule has 0 atom stereocenters. The molecule has 0 aliphatic heterocycles. The first-order valence-electron chi connectivity index (χ1n) is 5.52. The van der Waals surface area contributed by atoms with Gasteiger partial charge in [0, 0.05) is 13.7 Å². The molecule has 0 spiro atoms. The number of para-hydroxylation sites is 1. The summed E-state index contributed by atoms with van der Waals surface area (Å²) in [6, 6.07) is 5.63. The number of methoxy groups -OCH3 is 2. The Morgan fingerprint density at radius 3 is 2.71 bits per heavy atom. The third-order valence-electron chi connectivity index (χ3n) is 2.28. The van der Waals surface area contributed by atoms with Gasteiger partial charge in [0.1, 0.15) is 5.75 Å². The third kappa shape index (κ3) is 4.50. The number of nitrogens with two attached hydrogens (primary N) is 1. The molecule has 0 radical (unpaired) electrons. The van der Waals surface area contributed by atoms with Crippen LogP contribution in [0.4, 0.5) is 11.4 Å². The lowest BCUT2D eigenvalue weighted by molar-refractivity contribution is 0.0759. The fourth-order valence-corrected chi connectivity index (χ4v) is 1.38. The molecule has 0 fully saturated rings. The van der Waals surface area contributed by atoms with Crippen molar-refractivity contribution in [3.8, 4) is 5.75 Å². The summed E-state index contributed by atoms with van der Waals surface area (Å²) in [5.74, 6) is 0.676. The molecule has 5 heteroatoms. The van der Waals surface area contributed by atoms with Crippen LogP contribution < -0.4 is 15.8 Å². The van der Waals surface area contributed by atoms with Crippen LogP contribution in [0.15, 0.2) is 18.2 Å². The molecule has 96 valence electrons. The monoisotopic (exact) mass is 240 g/mol. The van der Waals surface area contributed by atoms with Crippen LogP contribution in [-0.4, -0.2) is 40.6 Å². The Kier molecular flexibility index (Phi) is 6.21. The standard InChI is InChI=1S/C12H20N2O3/c1-15-8-9-17-7-6-14-10-4-3-5-11(16-2)12(10)13/h3-5,14H,6-9,13H2,1-2H3. The van der Waals surface area contributed by atoms with Crippen molar-refractivity contribution in [1.29, 1.82) is 0 Å². The lowest BCUT2D eigenvalue weighted by atomic mass is 10.2. The maximum atomic E-state index is 5.91. The number of ether oxygens (including phenoxy) is 3. The summed E-state index contributed by atoms with van der Waals surface area (Å²) in [5.41, 5.74) is 7.39. The molecule has 0 amide bonds. The van der Waals surface area contributed by atoms with Gasteiger partial charge in [-0.3, -0.25) is 0 Å². The average Bonchev–Trinajstić information content (AvgIpc) is 2.35. The molecule has 1 aromatic rings. The van der Waals surface area contributed by atoms with Gasteiger partial charge in [-0.2, -0.15) is 0 Å². The Bertz CT molecular complexity index is 332. The second kappa shape index (κ2) is 7.76. The molecule has 0 aliphatic carbocycles. The normalized spacial score (nSPS) is 10.2. The molecule has 0 heterocycles. The lowest BCUT2D eigenvalue weighted by Crippen LogP contribution is -2.13. The van der Waals surface area contributed by atoms with Crippen molar-refractivity contribution in [3.63, 3.8) is 0 Å². The molecule has 0 unspecified atom stereocenters. The van der Waals surface area contributed by atoms with E-state index in [1.54, 1.807) is 14.2 Å². The van der Waals surface area contributed by atoms with Crippen molar-refractivity contribution in [2.45, 2.75) is 0 Å². The molecule has 0 aromatic heterocycles. The van der Waals surface area contributed by atoms with E-state index in [9.17, 15) is 0 Å². The zero-order valence-electron chi connectivity index (χ0n) is 10.4. The first-order valence-corrected chi connectivity index (χ1v) is 5.52. The topological polar surface area (TPSA) is 65.7 Å². The first-order chi connectivity index (χ1) is 8.29. The van der Waals surface area contributed by atoms with Gasteiger partial charge in [0.15, 0.2) is 0 Å². The maximum Gasteiger partial charge on any atom is 0.143 e. The molecular formula is C12H20N2O3. The molecule has 0 saturated carbocycles. The van der Waals surface area contributed by atoms with Crippen molar-refractivity contribution in [3.05, 3.63) is 18.2 Å². The molecule has 17 heavy (non-hydrogen) atoms. The minimum Gasteiger partial charge on any atom is -0.495 e. The molecule has 1 rings (SSSR count). The van der Waals surface area contributed by atoms with Crippen LogP contribution in [0.25, 0.3) is 0 Å². The Morgan fingerprint density at radius 1 is 1.18 bits per heavy atom. The predicted molar refractivity (Wildman–Crippen MR) is 68.6 cm³/mol. The fourth-order valence-electron chi connectivity index (χ4n) is 1.38. The van der Waals surface area contributed by atoms with E-state index in [2.05, 4.69) is 5.32 Å². The molecule has 1 aromatic carbocycles. The zero-order valence-corrected chi connectivity index (χ0v) is 10.4. The molecule has 0 saturated heterocycles. The number of anilines is 2. The van der Waals surface area contributed by atoms with Crippen LogP contribution in [0.3, 0.4) is 0 Å². The van der Waals surface area contributed by atoms with Crippen molar-refractivity contribution in [1.82, 2.24) is 0 Å². The summed E-state index contributed by atoms with van der Waals surface area (Å²) in [5, 5.41) is 3.19. The van der Waals surface area contributed by atoms with Gasteiger partial charge < -0.3 is 25.3 Å². The van der Waals surface area contributed by atoms with Gasteiger partial charge in [-0.15, -0.1) is 0 Å². The van der Waals surface area contributed by atoms with Crippen LogP contribution in [0.1, 0.15) is 0 Å². The van der Waals surface area contributed by atoms with Crippen molar-refractivity contribution in [2.24, 2.45) is 0 Å². The predicted octanol–water partition coefficient (Wildman–Crippen LogP) is 1.35. The van der Waals surface area contributed by atoms with Gasteiger partial charge in [0.25, 0.3) is 0 Å². The molecule has 0 bridgehead atoms. The number of hydrogen-bond donors (Lipinski definition) is 2. The third-order valence-corrected chi connectivity index (χ3v) is 2.28. The molecule has 0 aliphatic rings. The second-order valence-corrected chi connectivity index (χ2v) is 3.45. The van der Waals surface area contributed by atoms with Crippen molar-refractivity contribution >= 4 is 11.4 Å². The maximum absolute atomic E-state index is 5.91. The van der Waals surface area contributed by atoms with E-state index in [4.69, 9.17) is 19.9 Å². The van der Waals surface area contributed by atoms with E-state index in [0.29, 0.717) is 37.8 Å². The van der Waals surface area contributed by atoms with Crippen LogP contribution in [0.2, 0.25) is 0 Å². The van der Waals surface area contributed by atoms with Crippen molar-refractivity contribution in [2.75, 3.05) is 51.6 Å². The van der Waals surface area contributed by atoms with Crippen LogP contribution >= 0.6 is 0 Å². The smallest absolute Gasteiger partial charge is 0.143 e. The van der Waals surface area contributed by atoms with Gasteiger partial charge >= 0.3 is 0 Å². The second-order valence-electron chi connectivity index (χ2n) is 3.45. The summed E-state index contributed by atoms with van der Waals surface area (Å²) in [6.45, 7) is 2.52. The Labute approximate surface area is 102 Å². The van der Waals surface area contributed by atoms with Crippen molar-refractivity contribution < 1.29 is 14.2 Å². The van der Waals surface area contributed by atoms with Gasteiger partial charge in [0.2, 0.25) is 0 Å². The summed E-state index contributed by atoms with van der Waals surface area (Å²) in [4.78, 5) is 0. The summed E-state index contributed by atoms with van der Waals surface area (Å²) < 4.78 is 15.3. The summed E-state index contributed by atoms with van der Waals surface area (Å²) >= 11 is 0. The quantitative estimate of drug-likeness (QED) is 0.530. The number of rotatable bonds is 8. The highest BCUT2D eigenvalue weighted by molar-refractivity contribution is 5.72. The van der Waals surface area contributed by atoms with Gasteiger partial charge in [-0.05, 0) is 12.1 Å². The molecular weight excluding hydrogens is 220 g/mol. The fraction of sp³-hybridized carbons (Fsp3) is 0.500. The van der Waals surface area contributed by atoms with E-state index in [0.717, 1.165) is 5.69 Å². The van der Waals surface area contributed by atoms with E-state index < -0.39 is 0 Å². The van der Waals surface area contributed by atoms with Gasteiger partial charge in [0.05, 0.1) is 38.3 Å². The lowest BCUT2D eigenvalue weighted by Gasteiger charge is -2.12. The summed E-state index contributed by atoms with van der Waals surface area (Å²) in [7, 11) is 3.25. The van der Waals surface area contributed by atoms with Crippen LogP contribution in [-0.2, 0) is 9.47 Å². The highest BCUT2D eigenvalue weighted by atomic mass is 16.5. The minimum absolute atomic E-state index is 0.603. The number of hydrogen-bond acceptors (Lipinski definition) is 5. The Balaban J connectivity index is 2.31. The summed E-state index contributed by atoms with van der Waals surface area (Å²) in [6.07, 6.45) is 0. The van der Waals surface area contributed by atoms with E-state index in [1.807, 2.05) is 18.2 Å². The van der Waals surface area contributed by atoms with E-state index >= 15 is 0 Å². The first kappa shape index (κ1) is 13.6. The van der Waals surface area contributed by atoms with E-state index in [-0.39, 0.29) is 0 Å². The average molecular weight is 240 g/mol. The minimum atomic E-state index is 0.603. The SMILES string of the molecule is COCCOCCNc1cccc(OC)c1N. The Hall–Kier alpha value is -1.46. The largest absolute Gasteiger partial charge is 0.495 e. The van der Waals surface area contributed by atoms with Crippen LogP contribution in [0, 0.1) is 0 Å². The number of nitrogens with one attached hydrogen (secondary N) is 1. The van der Waals surface area contributed by atoms with Gasteiger partial charge in [-0.25, -0.2) is 0 Å². The molecule has 3 N–H and O–H groups in total. The Morgan fingerprint density at radius 2 is 2.00 bits per heavy atom.